The van der Waals surface area contributed by atoms with Crippen LogP contribution < -0.4 is 15.8 Å². The van der Waals surface area contributed by atoms with E-state index < -0.39 is 0 Å². The van der Waals surface area contributed by atoms with Crippen molar-refractivity contribution in [3.8, 4) is 5.75 Å². The molecule has 2 unspecified atom stereocenters. The van der Waals surface area contributed by atoms with Gasteiger partial charge in [-0.3, -0.25) is 0 Å². The Balaban J connectivity index is 1.98. The molecular weight excluding hydrogens is 216 g/mol. The summed E-state index contributed by atoms with van der Waals surface area (Å²) in [5.74, 6) is 1.30. The quantitative estimate of drug-likeness (QED) is 0.779. The van der Waals surface area contributed by atoms with Gasteiger partial charge in [-0.25, -0.2) is 9.97 Å². The summed E-state index contributed by atoms with van der Waals surface area (Å²) in [6.45, 7) is 0. The number of hydrogen-bond acceptors (Lipinski definition) is 5. The van der Waals surface area contributed by atoms with E-state index in [1.165, 1.54) is 19.3 Å². The Bertz CT molecular complexity index is 341. The number of methoxy groups -OCH3 is 1. The van der Waals surface area contributed by atoms with E-state index in [0.29, 0.717) is 11.7 Å². The third-order valence-electron chi connectivity index (χ3n) is 3.25. The van der Waals surface area contributed by atoms with Crippen LogP contribution in [0.5, 0.6) is 5.75 Å². The minimum atomic E-state index is 0.197. The number of nitrogens with one attached hydrogen (secondary N) is 1. The third kappa shape index (κ3) is 3.30. The van der Waals surface area contributed by atoms with Crippen molar-refractivity contribution in [1.82, 2.24) is 9.97 Å². The van der Waals surface area contributed by atoms with Crippen LogP contribution in [0.1, 0.15) is 32.1 Å². The summed E-state index contributed by atoms with van der Waals surface area (Å²) in [4.78, 5) is 8.41. The van der Waals surface area contributed by atoms with Gasteiger partial charge in [0.15, 0.2) is 5.75 Å². The Labute approximate surface area is 102 Å². The van der Waals surface area contributed by atoms with E-state index in [1.54, 1.807) is 19.5 Å². The number of ether oxygens (including phenoxy) is 1. The third-order valence-corrected chi connectivity index (χ3v) is 3.25. The highest BCUT2D eigenvalue weighted by molar-refractivity contribution is 5.29. The van der Waals surface area contributed by atoms with E-state index in [1.807, 2.05) is 0 Å². The first kappa shape index (κ1) is 12.1. The Kier molecular flexibility index (Phi) is 4.14. The molecule has 1 fully saturated rings. The smallest absolute Gasteiger partial charge is 0.223 e. The maximum absolute atomic E-state index is 6.14. The zero-order valence-corrected chi connectivity index (χ0v) is 10.2. The van der Waals surface area contributed by atoms with Crippen LogP contribution in [0.4, 0.5) is 5.95 Å². The summed E-state index contributed by atoms with van der Waals surface area (Å²) >= 11 is 0. The first-order valence-electron chi connectivity index (χ1n) is 6.18. The van der Waals surface area contributed by atoms with Crippen molar-refractivity contribution in [2.45, 2.75) is 44.2 Å². The molecule has 0 aliphatic heterocycles. The predicted octanol–water partition coefficient (Wildman–Crippen LogP) is 1.56. The number of hydrogen-bond donors (Lipinski definition) is 2. The summed E-state index contributed by atoms with van der Waals surface area (Å²) in [7, 11) is 1.60. The molecule has 1 aromatic rings. The minimum absolute atomic E-state index is 0.197. The van der Waals surface area contributed by atoms with Crippen LogP contribution in [0.25, 0.3) is 0 Å². The van der Waals surface area contributed by atoms with Crippen LogP contribution in [0.3, 0.4) is 0 Å². The minimum Gasteiger partial charge on any atom is -0.494 e. The molecule has 3 N–H and O–H groups in total. The monoisotopic (exact) mass is 236 g/mol. The van der Waals surface area contributed by atoms with Crippen molar-refractivity contribution in [2.24, 2.45) is 5.73 Å². The Hall–Kier alpha value is -1.36. The van der Waals surface area contributed by atoms with Crippen LogP contribution in [-0.4, -0.2) is 29.2 Å². The highest BCUT2D eigenvalue weighted by Gasteiger charge is 2.20. The molecule has 1 saturated carbocycles. The van der Waals surface area contributed by atoms with Crippen molar-refractivity contribution >= 4 is 5.95 Å². The second kappa shape index (κ2) is 5.82. The molecule has 5 heteroatoms. The van der Waals surface area contributed by atoms with Gasteiger partial charge in [-0.15, -0.1) is 0 Å². The number of anilines is 1. The zero-order chi connectivity index (χ0) is 12.1. The number of nitrogens with two attached hydrogens (primary N) is 1. The van der Waals surface area contributed by atoms with Crippen molar-refractivity contribution in [2.75, 3.05) is 12.4 Å². The molecule has 0 saturated heterocycles. The second-order valence-corrected chi connectivity index (χ2v) is 4.50. The van der Waals surface area contributed by atoms with Gasteiger partial charge in [-0.05, 0) is 12.8 Å². The van der Waals surface area contributed by atoms with Crippen molar-refractivity contribution in [1.29, 1.82) is 0 Å². The lowest BCUT2D eigenvalue weighted by atomic mass is 10.0. The molecule has 5 nitrogen and oxygen atoms in total. The maximum Gasteiger partial charge on any atom is 0.223 e. The van der Waals surface area contributed by atoms with Crippen LogP contribution in [0, 0.1) is 0 Å². The fourth-order valence-electron chi connectivity index (χ4n) is 2.18. The molecule has 0 aromatic carbocycles. The van der Waals surface area contributed by atoms with E-state index in [4.69, 9.17) is 10.5 Å². The standard InChI is InChI=1S/C12H20N4O/c1-17-9-7-14-12(15-8-9)16-11-6-4-2-3-5-10(11)13/h7-8,10-11H,2-6,13H2,1H3,(H,14,15,16). The van der Waals surface area contributed by atoms with Gasteiger partial charge in [0, 0.05) is 12.1 Å². The van der Waals surface area contributed by atoms with E-state index in [2.05, 4.69) is 15.3 Å². The van der Waals surface area contributed by atoms with Gasteiger partial charge in [0.2, 0.25) is 5.95 Å². The number of nitrogens with zero attached hydrogens (tertiary/aromatic N) is 2. The lowest BCUT2D eigenvalue weighted by Gasteiger charge is -2.22. The summed E-state index contributed by atoms with van der Waals surface area (Å²) in [6, 6.07) is 0.481. The van der Waals surface area contributed by atoms with Crippen molar-refractivity contribution in [3.63, 3.8) is 0 Å². The SMILES string of the molecule is COc1cnc(NC2CCCCCC2N)nc1. The zero-order valence-electron chi connectivity index (χ0n) is 10.2. The average Bonchev–Trinajstić information content (AvgIpc) is 2.56. The van der Waals surface area contributed by atoms with Crippen LogP contribution >= 0.6 is 0 Å². The summed E-state index contributed by atoms with van der Waals surface area (Å²) in [5, 5.41) is 3.32. The molecule has 2 rings (SSSR count). The molecule has 1 heterocycles. The van der Waals surface area contributed by atoms with Gasteiger partial charge >= 0.3 is 0 Å². The topological polar surface area (TPSA) is 73.1 Å². The lowest BCUT2D eigenvalue weighted by molar-refractivity contribution is 0.410. The van der Waals surface area contributed by atoms with Gasteiger partial charge in [0.05, 0.1) is 19.5 Å². The lowest BCUT2D eigenvalue weighted by Crippen LogP contribution is -2.39. The van der Waals surface area contributed by atoms with E-state index in [9.17, 15) is 0 Å². The first-order valence-corrected chi connectivity index (χ1v) is 6.18. The molecule has 1 aliphatic rings. The second-order valence-electron chi connectivity index (χ2n) is 4.50. The maximum atomic E-state index is 6.14. The molecule has 1 aromatic heterocycles. The molecule has 0 bridgehead atoms. The fourth-order valence-corrected chi connectivity index (χ4v) is 2.18. The molecule has 0 amide bonds. The highest BCUT2D eigenvalue weighted by Crippen LogP contribution is 2.19. The molecule has 94 valence electrons. The Morgan fingerprint density at radius 3 is 2.65 bits per heavy atom. The average molecular weight is 236 g/mol. The summed E-state index contributed by atoms with van der Waals surface area (Å²) in [6.07, 6.45) is 9.22. The van der Waals surface area contributed by atoms with Crippen LogP contribution in [0.2, 0.25) is 0 Å². The van der Waals surface area contributed by atoms with Crippen LogP contribution in [-0.2, 0) is 0 Å². The van der Waals surface area contributed by atoms with Gasteiger partial charge in [0.25, 0.3) is 0 Å². The van der Waals surface area contributed by atoms with E-state index in [0.717, 1.165) is 12.8 Å². The Morgan fingerprint density at radius 1 is 1.24 bits per heavy atom. The predicted molar refractivity (Wildman–Crippen MR) is 67.1 cm³/mol. The largest absolute Gasteiger partial charge is 0.494 e. The van der Waals surface area contributed by atoms with Crippen molar-refractivity contribution in [3.05, 3.63) is 12.4 Å². The normalized spacial score (nSPS) is 25.1. The van der Waals surface area contributed by atoms with Gasteiger partial charge in [-0.1, -0.05) is 19.3 Å². The molecule has 0 radical (unpaired) electrons. The fraction of sp³-hybridized carbons (Fsp3) is 0.667. The van der Waals surface area contributed by atoms with E-state index in [-0.39, 0.29) is 12.1 Å². The molecule has 2 atom stereocenters. The number of aromatic nitrogens is 2. The van der Waals surface area contributed by atoms with Gasteiger partial charge in [-0.2, -0.15) is 0 Å². The van der Waals surface area contributed by atoms with Crippen LogP contribution in [0.15, 0.2) is 12.4 Å². The Morgan fingerprint density at radius 2 is 1.94 bits per heavy atom. The first-order chi connectivity index (χ1) is 8.29. The van der Waals surface area contributed by atoms with E-state index >= 15 is 0 Å². The van der Waals surface area contributed by atoms with Gasteiger partial charge in [0.1, 0.15) is 0 Å². The van der Waals surface area contributed by atoms with Gasteiger partial charge < -0.3 is 15.8 Å². The summed E-state index contributed by atoms with van der Waals surface area (Å²) in [5.41, 5.74) is 6.14. The molecular formula is C12H20N4O. The van der Waals surface area contributed by atoms with Crippen molar-refractivity contribution < 1.29 is 4.74 Å². The molecule has 17 heavy (non-hydrogen) atoms. The highest BCUT2D eigenvalue weighted by atomic mass is 16.5. The number of rotatable bonds is 3. The molecule has 0 spiro atoms. The summed E-state index contributed by atoms with van der Waals surface area (Å²) < 4.78 is 5.02. The molecule has 1 aliphatic carbocycles.